The minimum Gasteiger partial charge on any atom is -0.356 e. The Balaban J connectivity index is 1.76. The molecule has 1 aromatic heterocycles. The SMILES string of the molecule is CNC1CCCCC1(N)c1nc2c(c(N3CCCCCC3)n1)CCCC2. The number of fused-ring (bicyclic) bond motifs is 1. The van der Waals surface area contributed by atoms with E-state index in [-0.39, 0.29) is 6.04 Å². The van der Waals surface area contributed by atoms with Gasteiger partial charge in [0.2, 0.25) is 0 Å². The van der Waals surface area contributed by atoms with Gasteiger partial charge < -0.3 is 16.0 Å². The Labute approximate surface area is 158 Å². The average molecular weight is 358 g/mol. The maximum Gasteiger partial charge on any atom is 0.152 e. The number of rotatable bonds is 3. The highest BCUT2D eigenvalue weighted by Crippen LogP contribution is 2.37. The summed E-state index contributed by atoms with van der Waals surface area (Å²) in [4.78, 5) is 12.8. The van der Waals surface area contributed by atoms with Gasteiger partial charge in [-0.15, -0.1) is 0 Å². The molecule has 1 saturated carbocycles. The first-order chi connectivity index (χ1) is 12.7. The molecule has 2 atom stereocenters. The van der Waals surface area contributed by atoms with Crippen molar-refractivity contribution in [3.63, 3.8) is 0 Å². The van der Waals surface area contributed by atoms with Crippen LogP contribution < -0.4 is 16.0 Å². The third-order valence-electron chi connectivity index (χ3n) is 6.79. The Kier molecular flexibility index (Phi) is 5.46. The van der Waals surface area contributed by atoms with E-state index in [1.807, 2.05) is 7.05 Å². The molecular weight excluding hydrogens is 322 g/mol. The predicted molar refractivity (Wildman–Crippen MR) is 107 cm³/mol. The molecule has 4 rings (SSSR count). The van der Waals surface area contributed by atoms with Crippen LogP contribution in [-0.4, -0.2) is 36.1 Å². The molecule has 2 fully saturated rings. The van der Waals surface area contributed by atoms with E-state index in [2.05, 4.69) is 10.2 Å². The highest BCUT2D eigenvalue weighted by Gasteiger charge is 2.41. The lowest BCUT2D eigenvalue weighted by Gasteiger charge is -2.41. The summed E-state index contributed by atoms with van der Waals surface area (Å²) in [5, 5.41) is 3.46. The first-order valence-electron chi connectivity index (χ1n) is 10.8. The van der Waals surface area contributed by atoms with Gasteiger partial charge in [0.15, 0.2) is 5.82 Å². The summed E-state index contributed by atoms with van der Waals surface area (Å²) in [6, 6.07) is 0.273. The minimum absolute atomic E-state index is 0.273. The molecule has 5 nitrogen and oxygen atoms in total. The van der Waals surface area contributed by atoms with Crippen LogP contribution in [-0.2, 0) is 18.4 Å². The maximum atomic E-state index is 6.99. The third-order valence-corrected chi connectivity index (χ3v) is 6.79. The number of nitrogens with two attached hydrogens (primary N) is 1. The van der Waals surface area contributed by atoms with Crippen molar-refractivity contribution in [1.29, 1.82) is 0 Å². The predicted octanol–water partition coefficient (Wildman–Crippen LogP) is 3.05. The molecule has 0 amide bonds. The molecule has 3 aliphatic rings. The van der Waals surface area contributed by atoms with Crippen LogP contribution >= 0.6 is 0 Å². The quantitative estimate of drug-likeness (QED) is 0.870. The first-order valence-corrected chi connectivity index (χ1v) is 10.8. The third kappa shape index (κ3) is 3.36. The summed E-state index contributed by atoms with van der Waals surface area (Å²) in [7, 11) is 2.03. The highest BCUT2D eigenvalue weighted by atomic mass is 15.2. The molecule has 1 saturated heterocycles. The Bertz CT molecular complexity index is 623. The van der Waals surface area contributed by atoms with E-state index in [1.165, 1.54) is 68.4 Å². The zero-order valence-electron chi connectivity index (χ0n) is 16.4. The second kappa shape index (κ2) is 7.81. The van der Waals surface area contributed by atoms with E-state index >= 15 is 0 Å². The summed E-state index contributed by atoms with van der Waals surface area (Å²) >= 11 is 0. The maximum absolute atomic E-state index is 6.99. The van der Waals surface area contributed by atoms with Gasteiger partial charge in [0, 0.05) is 30.4 Å². The fourth-order valence-electron chi connectivity index (χ4n) is 5.19. The number of likely N-dealkylation sites (N-methyl/N-ethyl adjacent to an activating group) is 1. The van der Waals surface area contributed by atoms with Gasteiger partial charge in [-0.2, -0.15) is 0 Å². The minimum atomic E-state index is -0.430. The van der Waals surface area contributed by atoms with Crippen molar-refractivity contribution in [3.8, 4) is 0 Å². The van der Waals surface area contributed by atoms with Crippen LogP contribution in [0.1, 0.15) is 81.3 Å². The van der Waals surface area contributed by atoms with Gasteiger partial charge >= 0.3 is 0 Å². The molecular formula is C21H35N5. The van der Waals surface area contributed by atoms with Gasteiger partial charge in [-0.25, -0.2) is 9.97 Å². The number of aryl methyl sites for hydroxylation is 1. The van der Waals surface area contributed by atoms with Crippen LogP contribution in [0.3, 0.4) is 0 Å². The largest absolute Gasteiger partial charge is 0.356 e. The molecule has 2 heterocycles. The van der Waals surface area contributed by atoms with E-state index in [0.717, 1.165) is 44.6 Å². The number of nitrogens with zero attached hydrogens (tertiary/aromatic N) is 3. The summed E-state index contributed by atoms with van der Waals surface area (Å²) in [6.07, 6.45) is 14.5. The molecule has 0 aromatic carbocycles. The number of aromatic nitrogens is 2. The molecule has 3 N–H and O–H groups in total. The van der Waals surface area contributed by atoms with Crippen LogP contribution in [0.2, 0.25) is 0 Å². The van der Waals surface area contributed by atoms with Gasteiger partial charge in [-0.3, -0.25) is 0 Å². The van der Waals surface area contributed by atoms with E-state index in [9.17, 15) is 0 Å². The lowest BCUT2D eigenvalue weighted by molar-refractivity contribution is 0.214. The van der Waals surface area contributed by atoms with E-state index in [4.69, 9.17) is 15.7 Å². The average Bonchev–Trinajstić information content (AvgIpc) is 2.97. The molecule has 0 bridgehead atoms. The van der Waals surface area contributed by atoms with Crippen LogP contribution in [0.5, 0.6) is 0 Å². The molecule has 26 heavy (non-hydrogen) atoms. The smallest absolute Gasteiger partial charge is 0.152 e. The molecule has 0 spiro atoms. The fraction of sp³-hybridized carbons (Fsp3) is 0.810. The monoisotopic (exact) mass is 357 g/mol. The standard InChI is InChI=1S/C21H35N5/c1-23-18-12-6-7-13-21(18,22)20-24-17-11-5-4-10-16(17)19(25-20)26-14-8-2-3-9-15-26/h18,23H,2-15,22H2,1H3. The molecule has 2 unspecified atom stereocenters. The summed E-state index contributed by atoms with van der Waals surface area (Å²) in [5.74, 6) is 2.12. The number of anilines is 1. The summed E-state index contributed by atoms with van der Waals surface area (Å²) in [5.41, 5.74) is 9.26. The van der Waals surface area contributed by atoms with Crippen molar-refractivity contribution in [2.45, 2.75) is 88.6 Å². The Hall–Kier alpha value is -1.20. The Morgan fingerprint density at radius 3 is 2.50 bits per heavy atom. The van der Waals surface area contributed by atoms with Crippen molar-refractivity contribution < 1.29 is 0 Å². The zero-order valence-corrected chi connectivity index (χ0v) is 16.4. The van der Waals surface area contributed by atoms with E-state index in [0.29, 0.717) is 0 Å². The highest BCUT2D eigenvalue weighted by molar-refractivity contribution is 5.51. The van der Waals surface area contributed by atoms with Crippen molar-refractivity contribution in [2.75, 3.05) is 25.0 Å². The molecule has 1 aromatic rings. The van der Waals surface area contributed by atoms with E-state index in [1.54, 1.807) is 0 Å². The molecule has 0 radical (unpaired) electrons. The van der Waals surface area contributed by atoms with Crippen molar-refractivity contribution in [2.24, 2.45) is 5.73 Å². The number of hydrogen-bond donors (Lipinski definition) is 2. The summed E-state index contributed by atoms with van der Waals surface area (Å²) in [6.45, 7) is 2.27. The lowest BCUT2D eigenvalue weighted by Crippen LogP contribution is -2.56. The van der Waals surface area contributed by atoms with Gasteiger partial charge in [-0.05, 0) is 58.4 Å². The van der Waals surface area contributed by atoms with Gasteiger partial charge in [0.05, 0.1) is 5.54 Å². The first kappa shape index (κ1) is 18.2. The van der Waals surface area contributed by atoms with Gasteiger partial charge in [0.1, 0.15) is 5.82 Å². The van der Waals surface area contributed by atoms with Crippen LogP contribution in [0.25, 0.3) is 0 Å². The molecule has 144 valence electrons. The van der Waals surface area contributed by atoms with Gasteiger partial charge in [0.25, 0.3) is 0 Å². The zero-order chi connectivity index (χ0) is 18.0. The van der Waals surface area contributed by atoms with Crippen molar-refractivity contribution >= 4 is 5.82 Å². The van der Waals surface area contributed by atoms with Crippen LogP contribution in [0.4, 0.5) is 5.82 Å². The van der Waals surface area contributed by atoms with Crippen molar-refractivity contribution in [3.05, 3.63) is 17.1 Å². The van der Waals surface area contributed by atoms with Crippen molar-refractivity contribution in [1.82, 2.24) is 15.3 Å². The fourth-order valence-corrected chi connectivity index (χ4v) is 5.19. The Morgan fingerprint density at radius 2 is 1.73 bits per heavy atom. The lowest BCUT2D eigenvalue weighted by atomic mass is 9.77. The van der Waals surface area contributed by atoms with Crippen LogP contribution in [0, 0.1) is 0 Å². The van der Waals surface area contributed by atoms with E-state index < -0.39 is 5.54 Å². The Morgan fingerprint density at radius 1 is 0.962 bits per heavy atom. The topological polar surface area (TPSA) is 67.1 Å². The number of hydrogen-bond acceptors (Lipinski definition) is 5. The molecule has 2 aliphatic carbocycles. The van der Waals surface area contributed by atoms with Gasteiger partial charge in [-0.1, -0.05) is 25.7 Å². The second-order valence-corrected chi connectivity index (χ2v) is 8.53. The normalized spacial score (nSPS) is 29.9. The number of nitrogens with one attached hydrogen (secondary N) is 1. The molecule has 1 aliphatic heterocycles. The second-order valence-electron chi connectivity index (χ2n) is 8.53. The molecule has 5 heteroatoms. The summed E-state index contributed by atoms with van der Waals surface area (Å²) < 4.78 is 0. The van der Waals surface area contributed by atoms with Crippen LogP contribution in [0.15, 0.2) is 0 Å².